The number of hydrogen-bond donors (Lipinski definition) is 0. The van der Waals surface area contributed by atoms with Gasteiger partial charge in [0.1, 0.15) is 5.58 Å². The standard InChI is InChI=1S/C52H34N4O/c1-4-15-35(16-5-1)50-53-51(36-17-6-2-7-18-36)55-52(54-50)45-33-38(32-39-31-37-19-10-11-22-42(37)48(39)45)34-27-29-41(30-28-34)56(40-20-8-3-9-21-40)46-25-14-24-44-43-23-12-13-26-47(43)57-49(44)46/h1-30,32-33H,31H2. The van der Waals surface area contributed by atoms with E-state index in [9.17, 15) is 0 Å². The van der Waals surface area contributed by atoms with Crippen molar-refractivity contribution in [1.82, 2.24) is 15.0 Å². The molecule has 5 nitrogen and oxygen atoms in total. The number of fused-ring (bicyclic) bond motifs is 6. The van der Waals surface area contributed by atoms with Crippen LogP contribution in [-0.4, -0.2) is 15.0 Å². The van der Waals surface area contributed by atoms with Gasteiger partial charge < -0.3 is 9.32 Å². The molecule has 0 aliphatic heterocycles. The maximum atomic E-state index is 6.54. The van der Waals surface area contributed by atoms with Crippen LogP contribution in [0.3, 0.4) is 0 Å². The molecule has 2 aromatic heterocycles. The van der Waals surface area contributed by atoms with Crippen molar-refractivity contribution in [1.29, 1.82) is 0 Å². The van der Waals surface area contributed by atoms with Crippen molar-refractivity contribution < 1.29 is 4.42 Å². The lowest BCUT2D eigenvalue weighted by molar-refractivity contribution is 0.669. The molecular formula is C52H34N4O. The molecular weight excluding hydrogens is 697 g/mol. The predicted octanol–water partition coefficient (Wildman–Crippen LogP) is 13.5. The van der Waals surface area contributed by atoms with Gasteiger partial charge >= 0.3 is 0 Å². The van der Waals surface area contributed by atoms with Crippen molar-refractivity contribution in [3.63, 3.8) is 0 Å². The minimum absolute atomic E-state index is 0.648. The van der Waals surface area contributed by atoms with Crippen molar-refractivity contribution >= 4 is 39.0 Å². The summed E-state index contributed by atoms with van der Waals surface area (Å²) in [5.41, 5.74) is 14.9. The highest BCUT2D eigenvalue weighted by atomic mass is 16.3. The minimum Gasteiger partial charge on any atom is -0.454 e. The predicted molar refractivity (Wildman–Crippen MR) is 232 cm³/mol. The number of nitrogens with zero attached hydrogens (tertiary/aromatic N) is 4. The van der Waals surface area contributed by atoms with Crippen LogP contribution in [0, 0.1) is 0 Å². The second-order valence-electron chi connectivity index (χ2n) is 14.4. The fraction of sp³-hybridized carbons (Fsp3) is 0.0192. The lowest BCUT2D eigenvalue weighted by Gasteiger charge is -2.25. The Labute approximate surface area is 330 Å². The van der Waals surface area contributed by atoms with Gasteiger partial charge in [-0.1, -0.05) is 152 Å². The maximum absolute atomic E-state index is 6.54. The summed E-state index contributed by atoms with van der Waals surface area (Å²) in [7, 11) is 0. The van der Waals surface area contributed by atoms with E-state index in [4.69, 9.17) is 19.4 Å². The van der Waals surface area contributed by atoms with Crippen LogP contribution in [-0.2, 0) is 6.42 Å². The quantitative estimate of drug-likeness (QED) is 0.163. The fourth-order valence-electron chi connectivity index (χ4n) is 8.27. The molecule has 57 heavy (non-hydrogen) atoms. The topological polar surface area (TPSA) is 55.1 Å². The van der Waals surface area contributed by atoms with Crippen LogP contribution >= 0.6 is 0 Å². The van der Waals surface area contributed by atoms with Crippen LogP contribution in [0.1, 0.15) is 11.1 Å². The Morgan fingerprint density at radius 1 is 0.404 bits per heavy atom. The summed E-state index contributed by atoms with van der Waals surface area (Å²) in [6.07, 6.45) is 0.843. The van der Waals surface area contributed by atoms with E-state index in [0.717, 1.165) is 73.2 Å². The van der Waals surface area contributed by atoms with Gasteiger partial charge in [0.25, 0.3) is 0 Å². The number of para-hydroxylation sites is 3. The number of aromatic nitrogens is 3. The van der Waals surface area contributed by atoms with E-state index in [1.165, 1.54) is 22.3 Å². The van der Waals surface area contributed by atoms with Gasteiger partial charge in [0.15, 0.2) is 23.1 Å². The summed E-state index contributed by atoms with van der Waals surface area (Å²) in [5, 5.41) is 2.20. The van der Waals surface area contributed by atoms with Crippen LogP contribution in [0.4, 0.5) is 17.1 Å². The molecule has 0 N–H and O–H groups in total. The van der Waals surface area contributed by atoms with Crippen LogP contribution < -0.4 is 4.90 Å². The highest BCUT2D eigenvalue weighted by molar-refractivity contribution is 6.10. The second-order valence-corrected chi connectivity index (χ2v) is 14.4. The molecule has 5 heteroatoms. The number of furan rings is 1. The first kappa shape index (κ1) is 32.8. The zero-order valence-corrected chi connectivity index (χ0v) is 30.9. The number of hydrogen-bond acceptors (Lipinski definition) is 5. The summed E-state index contributed by atoms with van der Waals surface area (Å²) in [5.74, 6) is 1.95. The van der Waals surface area contributed by atoms with Crippen LogP contribution in [0.25, 0.3) is 78.4 Å². The lowest BCUT2D eigenvalue weighted by Crippen LogP contribution is -2.10. The van der Waals surface area contributed by atoms with Gasteiger partial charge in [-0.3, -0.25) is 0 Å². The maximum Gasteiger partial charge on any atom is 0.164 e. The van der Waals surface area contributed by atoms with Crippen LogP contribution in [0.5, 0.6) is 0 Å². The Bertz CT molecular complexity index is 3030. The fourth-order valence-corrected chi connectivity index (χ4v) is 8.27. The summed E-state index contributed by atoms with van der Waals surface area (Å²) in [6.45, 7) is 0. The van der Waals surface area contributed by atoms with E-state index in [1.807, 2.05) is 54.6 Å². The lowest BCUT2D eigenvalue weighted by atomic mass is 9.93. The molecule has 0 spiro atoms. The molecule has 268 valence electrons. The molecule has 0 amide bonds. The van der Waals surface area contributed by atoms with E-state index in [0.29, 0.717) is 17.5 Å². The minimum atomic E-state index is 0.648. The first-order chi connectivity index (χ1) is 28.2. The zero-order valence-electron chi connectivity index (χ0n) is 30.9. The smallest absolute Gasteiger partial charge is 0.164 e. The molecule has 0 saturated heterocycles. The van der Waals surface area contributed by atoms with Gasteiger partial charge in [0, 0.05) is 38.8 Å². The van der Waals surface area contributed by atoms with Gasteiger partial charge in [-0.2, -0.15) is 0 Å². The molecule has 10 aromatic rings. The second kappa shape index (κ2) is 13.6. The van der Waals surface area contributed by atoms with Crippen molar-refractivity contribution in [2.75, 3.05) is 4.90 Å². The Hall–Kier alpha value is -7.63. The third kappa shape index (κ3) is 5.76. The normalized spacial score (nSPS) is 11.8. The average Bonchev–Trinajstić information content (AvgIpc) is 3.86. The third-order valence-corrected chi connectivity index (χ3v) is 10.9. The Balaban J connectivity index is 1.07. The first-order valence-electron chi connectivity index (χ1n) is 19.2. The molecule has 11 rings (SSSR count). The van der Waals surface area contributed by atoms with Crippen molar-refractivity contribution in [2.24, 2.45) is 0 Å². The van der Waals surface area contributed by atoms with Gasteiger partial charge in [0.05, 0.1) is 5.69 Å². The molecule has 0 bridgehead atoms. The van der Waals surface area contributed by atoms with Crippen molar-refractivity contribution in [3.05, 3.63) is 205 Å². The molecule has 0 unspecified atom stereocenters. The van der Waals surface area contributed by atoms with Gasteiger partial charge in [-0.15, -0.1) is 0 Å². The molecule has 8 aromatic carbocycles. The summed E-state index contributed by atoms with van der Waals surface area (Å²) >= 11 is 0. The van der Waals surface area contributed by atoms with E-state index >= 15 is 0 Å². The van der Waals surface area contributed by atoms with Gasteiger partial charge in [-0.25, -0.2) is 15.0 Å². The van der Waals surface area contributed by atoms with E-state index in [-0.39, 0.29) is 0 Å². The van der Waals surface area contributed by atoms with Crippen molar-refractivity contribution in [3.8, 4) is 56.4 Å². The number of anilines is 3. The number of rotatable bonds is 7. The van der Waals surface area contributed by atoms with Crippen molar-refractivity contribution in [2.45, 2.75) is 6.42 Å². The molecule has 0 saturated carbocycles. The molecule has 1 aliphatic carbocycles. The molecule has 1 aliphatic rings. The Morgan fingerprint density at radius 3 is 1.74 bits per heavy atom. The van der Waals surface area contributed by atoms with E-state index < -0.39 is 0 Å². The summed E-state index contributed by atoms with van der Waals surface area (Å²) in [6, 6.07) is 67.6. The largest absolute Gasteiger partial charge is 0.454 e. The highest BCUT2D eigenvalue weighted by Crippen LogP contribution is 2.46. The van der Waals surface area contributed by atoms with Gasteiger partial charge in [-0.05, 0) is 82.3 Å². The number of benzene rings is 8. The van der Waals surface area contributed by atoms with E-state index in [2.05, 4.69) is 144 Å². The molecule has 0 atom stereocenters. The Morgan fingerprint density at radius 2 is 1.00 bits per heavy atom. The first-order valence-corrected chi connectivity index (χ1v) is 19.2. The van der Waals surface area contributed by atoms with E-state index in [1.54, 1.807) is 0 Å². The summed E-state index contributed by atoms with van der Waals surface area (Å²) < 4.78 is 6.54. The Kier molecular flexibility index (Phi) is 7.81. The van der Waals surface area contributed by atoms with Gasteiger partial charge in [0.2, 0.25) is 0 Å². The molecule has 0 radical (unpaired) electrons. The monoisotopic (exact) mass is 730 g/mol. The molecule has 2 heterocycles. The zero-order chi connectivity index (χ0) is 37.7. The third-order valence-electron chi connectivity index (χ3n) is 10.9. The van der Waals surface area contributed by atoms with Crippen LogP contribution in [0.15, 0.2) is 199 Å². The SMILES string of the molecule is c1ccc(-c2nc(-c3ccccc3)nc(-c3cc(-c4ccc(N(c5ccccc5)c5cccc6c5oc5ccccc56)cc4)cc4c3-c3ccccc3C4)n2)cc1. The molecule has 0 fully saturated rings. The van der Waals surface area contributed by atoms with Crippen LogP contribution in [0.2, 0.25) is 0 Å². The highest BCUT2D eigenvalue weighted by Gasteiger charge is 2.26. The average molecular weight is 731 g/mol. The summed E-state index contributed by atoms with van der Waals surface area (Å²) in [4.78, 5) is 17.7.